The lowest BCUT2D eigenvalue weighted by Crippen LogP contribution is -2.91. The van der Waals surface area contributed by atoms with Crippen molar-refractivity contribution in [2.75, 3.05) is 72.0 Å². The van der Waals surface area contributed by atoms with Gasteiger partial charge in [0.15, 0.2) is 6.08 Å². The molecule has 506 valence electrons. The number of rotatable bonds is 25. The van der Waals surface area contributed by atoms with Crippen molar-refractivity contribution in [3.63, 3.8) is 0 Å². The van der Waals surface area contributed by atoms with Gasteiger partial charge in [0, 0.05) is 370 Å². The van der Waals surface area contributed by atoms with Gasteiger partial charge in [-0.2, -0.15) is 4.98 Å². The molecule has 5 aliphatic heterocycles. The van der Waals surface area contributed by atoms with Crippen LogP contribution in [0.2, 0.25) is 0 Å². The smallest absolute Gasteiger partial charge is 0.402 e. The van der Waals surface area contributed by atoms with E-state index in [0.29, 0.717) is 19.6 Å². The Bertz CT molecular complexity index is 3270. The predicted octanol–water partition coefficient (Wildman–Crippen LogP) is -7.52. The third kappa shape index (κ3) is 35.6. The highest BCUT2D eigenvalue weighted by Crippen LogP contribution is 2.37. The lowest BCUT2D eigenvalue weighted by molar-refractivity contribution is -0.124. The van der Waals surface area contributed by atoms with Crippen molar-refractivity contribution < 1.29 is 33.0 Å². The molecule has 4 aromatic heterocycles. The molecule has 9 heterocycles. The summed E-state index contributed by atoms with van der Waals surface area (Å²) in [6.07, 6.45) is -7.99. The molecular formula is C51H69B38Br4N10O7+. The summed E-state index contributed by atoms with van der Waals surface area (Å²) in [5.74, 6) is 2.00. The van der Waals surface area contributed by atoms with Gasteiger partial charge in [-0.3, -0.25) is 34.2 Å². The first-order valence-corrected chi connectivity index (χ1v) is 39.2. The minimum Gasteiger partial charge on any atom is -0.402 e. The quantitative estimate of drug-likeness (QED) is 0.0278. The number of nitrogens with zero attached hydrogens (tertiary/aromatic N) is 6. The van der Waals surface area contributed by atoms with Gasteiger partial charge in [0.1, 0.15) is 4.60 Å². The highest BCUT2D eigenvalue weighted by atomic mass is 79.9. The molecule has 38 radical (unpaired) electrons. The Hall–Kier alpha value is -1.49. The molecule has 4 aromatic rings. The molecule has 1 atom stereocenters. The van der Waals surface area contributed by atoms with E-state index in [-0.39, 0.29) is 54.9 Å². The number of amides is 3. The first-order valence-electron chi connectivity index (χ1n) is 36.0. The Morgan fingerprint density at radius 1 is 0.509 bits per heavy atom. The fourth-order valence-electron chi connectivity index (χ4n) is 12.5. The molecule has 17 nitrogen and oxygen atoms in total. The van der Waals surface area contributed by atoms with Gasteiger partial charge in [0.05, 0.1) is 61.4 Å². The number of aromatic nitrogens is 4. The van der Waals surface area contributed by atoms with Gasteiger partial charge < -0.3 is 39.9 Å². The maximum atomic E-state index is 11.4. The van der Waals surface area contributed by atoms with Gasteiger partial charge >= 0.3 is 14.2 Å². The number of carbonyl (C=O) groups excluding carboxylic acids is 3. The van der Waals surface area contributed by atoms with Crippen LogP contribution >= 0.6 is 63.7 Å². The SMILES string of the molecule is Brc1ccc(Br)nc1.C=CB1OC(C)(C)C(C)(C)O1.CC1OB(c2ccc(CCN3CCNC(=O)C3)nc2)OC1(C)C.O=C1CN(CCc2ccc(Br)cn2)CCN1.O=C1CNCCN1.[B]B([B])B([B])B(B(B([B])[B])B([B])[B])B(B(B([B])[B])B([B])[B])B(B(B([B])[B])B([B])[B])B(B([B])[B])B([B])[B].[CH+]=Cc1ccc(Br)cn1. The molecule has 0 saturated carbocycles. The molecule has 9 rings (SSSR count). The van der Waals surface area contributed by atoms with E-state index in [4.69, 9.17) is 172 Å². The van der Waals surface area contributed by atoms with E-state index in [0.717, 1.165) is 106 Å². The summed E-state index contributed by atoms with van der Waals surface area (Å²) in [4.78, 5) is 53.9. The van der Waals surface area contributed by atoms with Crippen LogP contribution in [-0.4, -0.2) is 412 Å². The molecule has 5 fully saturated rings. The zero-order valence-electron chi connectivity index (χ0n) is 64.1. The largest absolute Gasteiger partial charge is 0.496 e. The molecule has 0 aliphatic carbocycles. The monoisotopic (exact) mass is 1670 g/mol. The number of halogens is 4. The second-order valence-corrected chi connectivity index (χ2v) is 32.3. The lowest BCUT2D eigenvalue weighted by Gasteiger charge is -2.53. The van der Waals surface area contributed by atoms with Gasteiger partial charge in [0.2, 0.25) is 23.4 Å². The van der Waals surface area contributed by atoms with Gasteiger partial charge in [-0.05, 0) is 149 Å². The third-order valence-electron chi connectivity index (χ3n) is 19.3. The van der Waals surface area contributed by atoms with E-state index in [9.17, 15) is 14.4 Å². The lowest BCUT2D eigenvalue weighted by atomic mass is 8.29. The summed E-state index contributed by atoms with van der Waals surface area (Å²) in [7, 11) is 116. The number of nitrogens with one attached hydrogen (secondary N) is 4. The zero-order valence-corrected chi connectivity index (χ0v) is 70.5. The molecule has 0 aromatic carbocycles. The van der Waals surface area contributed by atoms with Crippen molar-refractivity contribution in [1.29, 1.82) is 0 Å². The Balaban J connectivity index is 0.000000361. The van der Waals surface area contributed by atoms with Crippen molar-refractivity contribution in [1.82, 2.24) is 51.0 Å². The topological polar surface area (TPSA) is 194 Å². The minimum atomic E-state index is -1.17. The Morgan fingerprint density at radius 3 is 1.20 bits per heavy atom. The summed E-state index contributed by atoms with van der Waals surface area (Å²) in [5.41, 5.74) is 3.08. The second-order valence-electron chi connectivity index (χ2n) is 28.7. The van der Waals surface area contributed by atoms with Crippen LogP contribution in [-0.2, 0) is 45.8 Å². The number of hydrogen-bond acceptors (Lipinski definition) is 14. The molecule has 0 spiro atoms. The van der Waals surface area contributed by atoms with E-state index < -0.39 is 109 Å². The van der Waals surface area contributed by atoms with Gasteiger partial charge in [-0.1, -0.05) is 12.0 Å². The van der Waals surface area contributed by atoms with E-state index >= 15 is 0 Å². The van der Waals surface area contributed by atoms with Crippen LogP contribution in [0.25, 0.3) is 6.08 Å². The second kappa shape index (κ2) is 51.1. The fraction of sp³-hybridized carbons (Fsp3) is 0.471. The Morgan fingerprint density at radius 2 is 0.909 bits per heavy atom. The normalized spacial score (nSPS) is 16.3. The van der Waals surface area contributed by atoms with Gasteiger partial charge in [0.25, 0.3) is 0 Å². The maximum absolute atomic E-state index is 11.4. The number of carbonyl (C=O) groups is 3. The molecule has 5 saturated heterocycles. The predicted molar refractivity (Wildman–Crippen MR) is 513 cm³/mol. The first-order chi connectivity index (χ1) is 51.4. The Labute approximate surface area is 724 Å². The zero-order chi connectivity index (χ0) is 83.1. The van der Waals surface area contributed by atoms with Crippen LogP contribution in [0.1, 0.15) is 65.5 Å². The Kier molecular flexibility index (Phi) is 47.7. The van der Waals surface area contributed by atoms with Crippen LogP contribution in [0.3, 0.4) is 0 Å². The van der Waals surface area contributed by atoms with Crippen LogP contribution in [0.4, 0.5) is 0 Å². The first kappa shape index (κ1) is 103. The summed E-state index contributed by atoms with van der Waals surface area (Å²) in [6, 6.07) is 15.6. The van der Waals surface area contributed by atoms with Crippen molar-refractivity contribution >= 4 is 363 Å². The van der Waals surface area contributed by atoms with Crippen LogP contribution in [0, 0.1) is 6.58 Å². The third-order valence-corrected chi connectivity index (χ3v) is 21.2. The number of pyridine rings is 4. The standard InChI is InChI=1S/C16H24BN3O3.C11H14BrN3O.C8H15BO2.C7H5BrN.C5H3Br2N.C4H8N2O.B36/c1-12-16(2,3)23-17(22-12)13-4-5-14(19-10-13)6-8-20-9-7-18-15(21)11-20;12-9-1-2-10(14-7-9)3-5-15-6-4-13-11(16)8-15;1-6-9-10-7(2,3)8(4,5)11-9;1-2-7-4-3-6(8)5-9-7;6-4-1-2-5(7)8-3-4;7-4-3-5-1-2-6-4;1-20(2)29(19)34(30(21(3)4)22(5)6)36(33(27(15)16)28(17)18)35(31(23(7)8)24(9)10)32(25(11)12)26(13)14/h4-5,10,12H,6-9,11H2,1-3H3,(H,18,21);1-2,7H,3-6,8H2,(H,13,16);6H,1H2,2-5H3;1-5H;1-3H;5H,1-3H2,(H,6,7);/q;;;+1;;;. The van der Waals surface area contributed by atoms with Crippen LogP contribution < -0.4 is 26.7 Å². The summed E-state index contributed by atoms with van der Waals surface area (Å²) in [6.45, 7) is 31.2. The van der Waals surface area contributed by atoms with E-state index in [1.54, 1.807) is 24.6 Å². The fourth-order valence-corrected chi connectivity index (χ4v) is 13.4. The summed E-state index contributed by atoms with van der Waals surface area (Å²) in [5, 5.41) is 11.3. The molecular weight excluding hydrogens is 1600 g/mol. The van der Waals surface area contributed by atoms with E-state index in [1.807, 2.05) is 103 Å². The molecule has 59 heteroatoms. The highest BCUT2D eigenvalue weighted by molar-refractivity contribution is 9.11. The summed E-state index contributed by atoms with van der Waals surface area (Å²) >= 11 is 13.1. The highest BCUT2D eigenvalue weighted by Gasteiger charge is 2.56. The molecule has 3 amide bonds. The average molecular weight is 1660 g/mol. The van der Waals surface area contributed by atoms with Crippen LogP contribution in [0.15, 0.2) is 104 Å². The summed E-state index contributed by atoms with van der Waals surface area (Å²) < 4.78 is 26.8. The maximum Gasteiger partial charge on any atom is 0.496 e. The molecule has 1 unspecified atom stereocenters. The van der Waals surface area contributed by atoms with Crippen molar-refractivity contribution in [2.45, 2.75) is 84.2 Å². The van der Waals surface area contributed by atoms with Crippen molar-refractivity contribution in [2.24, 2.45) is 0 Å². The van der Waals surface area contributed by atoms with E-state index in [1.165, 1.54) is 6.08 Å². The van der Waals surface area contributed by atoms with Crippen molar-refractivity contribution in [3.05, 3.63) is 128 Å². The molecule has 5 aliphatic rings. The molecule has 110 heavy (non-hydrogen) atoms. The van der Waals surface area contributed by atoms with Gasteiger partial charge in [-0.15, -0.1) is 6.58 Å². The van der Waals surface area contributed by atoms with Crippen molar-refractivity contribution in [3.8, 4) is 0 Å². The van der Waals surface area contributed by atoms with Crippen LogP contribution in [0.5, 0.6) is 0 Å². The number of piperazine rings is 3. The molecule has 4 N–H and O–H groups in total. The minimum absolute atomic E-state index is 0.0532. The van der Waals surface area contributed by atoms with Gasteiger partial charge in [-0.25, -0.2) is 4.98 Å². The number of hydrogen-bond donors (Lipinski definition) is 4. The average Bonchev–Trinajstić information content (AvgIpc) is 1.16. The van der Waals surface area contributed by atoms with E-state index in [2.05, 4.69) is 121 Å². The molecule has 0 bridgehead atoms.